The molecule has 0 aliphatic rings. The van der Waals surface area contributed by atoms with Crippen LogP contribution in [0.3, 0.4) is 0 Å². The molecule has 6 nitrogen and oxygen atoms in total. The number of hydrogen-bond donors (Lipinski definition) is 2. The van der Waals surface area contributed by atoms with Gasteiger partial charge in [-0.1, -0.05) is 13.0 Å². The van der Waals surface area contributed by atoms with Crippen LogP contribution in [0.1, 0.15) is 13.3 Å². The molecule has 2 N–H and O–H groups in total. The number of hydrogen-bond acceptors (Lipinski definition) is 3. The topological polar surface area (TPSA) is 78.5 Å². The standard InChI is InChI=1S/C13H17N3O3/c1-4-11(17)14-9-6-5-7-10(8-9)15-12(18)13(19)16(2)3/h5-8H,4H2,1-3H3,(H,14,17)(H,15,18). The fourth-order valence-corrected chi connectivity index (χ4v) is 1.31. The summed E-state index contributed by atoms with van der Waals surface area (Å²) in [4.78, 5) is 35.4. The average Bonchev–Trinajstić information content (AvgIpc) is 2.37. The van der Waals surface area contributed by atoms with Crippen molar-refractivity contribution in [3.63, 3.8) is 0 Å². The Kier molecular flexibility index (Phi) is 5.05. The van der Waals surface area contributed by atoms with Crippen LogP contribution in [0.5, 0.6) is 0 Å². The molecule has 3 amide bonds. The molecule has 0 aliphatic carbocycles. The smallest absolute Gasteiger partial charge is 0.313 e. The summed E-state index contributed by atoms with van der Waals surface area (Å²) in [5.41, 5.74) is 1.02. The molecule has 0 fully saturated rings. The van der Waals surface area contributed by atoms with E-state index >= 15 is 0 Å². The van der Waals surface area contributed by atoms with E-state index in [1.165, 1.54) is 19.0 Å². The predicted octanol–water partition coefficient (Wildman–Crippen LogP) is 1.06. The van der Waals surface area contributed by atoms with Crippen molar-refractivity contribution in [2.24, 2.45) is 0 Å². The van der Waals surface area contributed by atoms with Crippen molar-refractivity contribution >= 4 is 29.1 Å². The van der Waals surface area contributed by atoms with E-state index in [1.54, 1.807) is 31.2 Å². The summed E-state index contributed by atoms with van der Waals surface area (Å²) in [5, 5.41) is 5.14. The van der Waals surface area contributed by atoms with Crippen LogP contribution in [0.15, 0.2) is 24.3 Å². The molecule has 0 radical (unpaired) electrons. The van der Waals surface area contributed by atoms with Gasteiger partial charge >= 0.3 is 11.8 Å². The van der Waals surface area contributed by atoms with E-state index in [4.69, 9.17) is 0 Å². The molecule has 0 atom stereocenters. The Bertz CT molecular complexity index is 498. The molecular weight excluding hydrogens is 246 g/mol. The van der Waals surface area contributed by atoms with E-state index in [0.29, 0.717) is 17.8 Å². The Morgan fingerprint density at radius 1 is 1.11 bits per heavy atom. The van der Waals surface area contributed by atoms with Crippen molar-refractivity contribution in [1.29, 1.82) is 0 Å². The zero-order valence-electron chi connectivity index (χ0n) is 11.2. The highest BCUT2D eigenvalue weighted by molar-refractivity contribution is 6.39. The third kappa shape index (κ3) is 4.42. The number of carbonyl (C=O) groups is 3. The summed E-state index contributed by atoms with van der Waals surface area (Å²) in [6.07, 6.45) is 0.371. The Morgan fingerprint density at radius 2 is 1.68 bits per heavy atom. The van der Waals surface area contributed by atoms with Crippen LogP contribution in [-0.4, -0.2) is 36.7 Å². The van der Waals surface area contributed by atoms with Crippen molar-refractivity contribution in [1.82, 2.24) is 4.90 Å². The maximum Gasteiger partial charge on any atom is 0.313 e. The Balaban J connectivity index is 2.75. The first-order valence-corrected chi connectivity index (χ1v) is 5.86. The van der Waals surface area contributed by atoms with E-state index in [9.17, 15) is 14.4 Å². The van der Waals surface area contributed by atoms with Gasteiger partial charge in [0.2, 0.25) is 5.91 Å². The zero-order valence-corrected chi connectivity index (χ0v) is 11.2. The number of amides is 3. The first-order chi connectivity index (χ1) is 8.93. The highest BCUT2D eigenvalue weighted by Crippen LogP contribution is 2.15. The normalized spacial score (nSPS) is 9.63. The molecule has 0 spiro atoms. The first-order valence-electron chi connectivity index (χ1n) is 5.86. The van der Waals surface area contributed by atoms with Crippen LogP contribution in [0.25, 0.3) is 0 Å². The minimum atomic E-state index is -0.719. The Morgan fingerprint density at radius 3 is 2.21 bits per heavy atom. The summed E-state index contributed by atoms with van der Waals surface area (Å²) < 4.78 is 0. The number of nitrogens with zero attached hydrogens (tertiary/aromatic N) is 1. The van der Waals surface area contributed by atoms with E-state index in [2.05, 4.69) is 10.6 Å². The highest BCUT2D eigenvalue weighted by atomic mass is 16.2. The molecule has 0 aliphatic heterocycles. The fourth-order valence-electron chi connectivity index (χ4n) is 1.31. The molecule has 0 unspecified atom stereocenters. The van der Waals surface area contributed by atoms with Crippen molar-refractivity contribution in [2.75, 3.05) is 24.7 Å². The van der Waals surface area contributed by atoms with Gasteiger partial charge in [-0.15, -0.1) is 0 Å². The second-order valence-corrected chi connectivity index (χ2v) is 4.14. The lowest BCUT2D eigenvalue weighted by Crippen LogP contribution is -2.34. The largest absolute Gasteiger partial charge is 0.341 e. The molecule has 6 heteroatoms. The van der Waals surface area contributed by atoms with Crippen molar-refractivity contribution in [2.45, 2.75) is 13.3 Å². The second kappa shape index (κ2) is 6.53. The summed E-state index contributed by atoms with van der Waals surface area (Å²) in [7, 11) is 3.00. The van der Waals surface area contributed by atoms with E-state index in [0.717, 1.165) is 0 Å². The molecule has 1 aromatic carbocycles. The number of anilines is 2. The van der Waals surface area contributed by atoms with Gasteiger partial charge in [-0.2, -0.15) is 0 Å². The molecule has 0 bridgehead atoms. The third-order valence-corrected chi connectivity index (χ3v) is 2.33. The molecule has 1 rings (SSSR count). The van der Waals surface area contributed by atoms with Gasteiger partial charge in [-0.05, 0) is 18.2 Å². The molecular formula is C13H17N3O3. The molecule has 1 aromatic rings. The molecule has 0 saturated carbocycles. The Labute approximate surface area is 111 Å². The minimum absolute atomic E-state index is 0.118. The number of benzene rings is 1. The maximum atomic E-state index is 11.6. The molecule has 0 saturated heterocycles. The highest BCUT2D eigenvalue weighted by Gasteiger charge is 2.15. The second-order valence-electron chi connectivity index (χ2n) is 4.14. The molecule has 0 heterocycles. The lowest BCUT2D eigenvalue weighted by atomic mass is 10.2. The SMILES string of the molecule is CCC(=O)Nc1cccc(NC(=O)C(=O)N(C)C)c1. The van der Waals surface area contributed by atoms with Crippen LogP contribution >= 0.6 is 0 Å². The maximum absolute atomic E-state index is 11.6. The quantitative estimate of drug-likeness (QED) is 0.800. The predicted molar refractivity (Wildman–Crippen MR) is 72.7 cm³/mol. The summed E-state index contributed by atoms with van der Waals surface area (Å²) in [6.45, 7) is 1.75. The first kappa shape index (κ1) is 14.7. The lowest BCUT2D eigenvalue weighted by molar-refractivity contribution is -0.141. The van der Waals surface area contributed by atoms with Gasteiger partial charge in [-0.25, -0.2) is 0 Å². The lowest BCUT2D eigenvalue weighted by Gasteiger charge is -2.11. The fraction of sp³-hybridized carbons (Fsp3) is 0.308. The minimum Gasteiger partial charge on any atom is -0.341 e. The van der Waals surface area contributed by atoms with E-state index < -0.39 is 11.8 Å². The van der Waals surface area contributed by atoms with E-state index in [1.807, 2.05) is 0 Å². The van der Waals surface area contributed by atoms with Crippen LogP contribution in [0.4, 0.5) is 11.4 Å². The van der Waals surface area contributed by atoms with Crippen molar-refractivity contribution < 1.29 is 14.4 Å². The summed E-state index contributed by atoms with van der Waals surface area (Å²) in [5.74, 6) is -1.47. The number of nitrogens with one attached hydrogen (secondary N) is 2. The Hall–Kier alpha value is -2.37. The van der Waals surface area contributed by atoms with Crippen LogP contribution < -0.4 is 10.6 Å². The van der Waals surface area contributed by atoms with Crippen molar-refractivity contribution in [3.05, 3.63) is 24.3 Å². The zero-order chi connectivity index (χ0) is 14.4. The van der Waals surface area contributed by atoms with Crippen LogP contribution in [-0.2, 0) is 14.4 Å². The number of carbonyl (C=O) groups excluding carboxylic acids is 3. The van der Waals surface area contributed by atoms with Gasteiger partial charge in [0, 0.05) is 31.9 Å². The van der Waals surface area contributed by atoms with Gasteiger partial charge in [-0.3, -0.25) is 14.4 Å². The molecule has 0 aromatic heterocycles. The number of likely N-dealkylation sites (N-methyl/N-ethyl adjacent to an activating group) is 1. The monoisotopic (exact) mass is 263 g/mol. The third-order valence-electron chi connectivity index (χ3n) is 2.33. The van der Waals surface area contributed by atoms with Crippen molar-refractivity contribution in [3.8, 4) is 0 Å². The number of rotatable bonds is 3. The van der Waals surface area contributed by atoms with Gasteiger partial charge in [0.15, 0.2) is 0 Å². The molecule has 19 heavy (non-hydrogen) atoms. The van der Waals surface area contributed by atoms with Gasteiger partial charge in [0.05, 0.1) is 0 Å². The summed E-state index contributed by atoms with van der Waals surface area (Å²) in [6, 6.07) is 6.62. The van der Waals surface area contributed by atoms with Gasteiger partial charge in [0.25, 0.3) is 0 Å². The molecule has 102 valence electrons. The summed E-state index contributed by atoms with van der Waals surface area (Å²) >= 11 is 0. The van der Waals surface area contributed by atoms with Crippen LogP contribution in [0.2, 0.25) is 0 Å². The van der Waals surface area contributed by atoms with Gasteiger partial charge in [0.1, 0.15) is 0 Å². The van der Waals surface area contributed by atoms with Gasteiger partial charge < -0.3 is 15.5 Å². The van der Waals surface area contributed by atoms with E-state index in [-0.39, 0.29) is 5.91 Å². The van der Waals surface area contributed by atoms with Crippen LogP contribution in [0, 0.1) is 0 Å². The average molecular weight is 263 g/mol.